The zero-order chi connectivity index (χ0) is 24.8. The number of methoxy groups -OCH3 is 2. The molecule has 4 rings (SSSR count). The molecule has 10 heteroatoms. The molecule has 1 saturated heterocycles. The van der Waals surface area contributed by atoms with Crippen LogP contribution in [0.5, 0.6) is 5.75 Å². The number of morpholine rings is 1. The van der Waals surface area contributed by atoms with Crippen LogP contribution < -0.4 is 15.0 Å². The number of carbonyl (C=O) groups is 1. The molecule has 0 unspecified atom stereocenters. The van der Waals surface area contributed by atoms with Crippen molar-refractivity contribution in [1.29, 1.82) is 0 Å². The molecule has 0 saturated carbocycles. The fraction of sp³-hybridized carbons (Fsp3) is 0.440. The van der Waals surface area contributed by atoms with E-state index in [9.17, 15) is 4.79 Å². The van der Waals surface area contributed by atoms with Gasteiger partial charge in [0.1, 0.15) is 11.3 Å². The summed E-state index contributed by atoms with van der Waals surface area (Å²) in [5.41, 5.74) is 3.25. The summed E-state index contributed by atoms with van der Waals surface area (Å²) in [6, 6.07) is 9.32. The Morgan fingerprint density at radius 3 is 2.77 bits per heavy atom. The van der Waals surface area contributed by atoms with Gasteiger partial charge in [0.05, 0.1) is 37.3 Å². The van der Waals surface area contributed by atoms with Crippen LogP contribution in [-0.4, -0.2) is 76.0 Å². The number of hydrogen-bond acceptors (Lipinski definition) is 8. The maximum absolute atomic E-state index is 13.1. The topological polar surface area (TPSA) is 76.2 Å². The Hall–Kier alpha value is -2.43. The third-order valence-corrected chi connectivity index (χ3v) is 7.40. The third-order valence-electron chi connectivity index (χ3n) is 6.04. The Kier molecular flexibility index (Phi) is 8.80. The highest BCUT2D eigenvalue weighted by Crippen LogP contribution is 2.39. The summed E-state index contributed by atoms with van der Waals surface area (Å²) in [4.78, 5) is 22.3. The number of anilines is 2. The van der Waals surface area contributed by atoms with Gasteiger partial charge in [0.15, 0.2) is 5.13 Å². The first-order chi connectivity index (χ1) is 17.0. The summed E-state index contributed by atoms with van der Waals surface area (Å²) >= 11 is 7.89. The number of carbonyl (C=O) groups excluding carboxylic acids is 1. The Labute approximate surface area is 214 Å². The second-order valence-electron chi connectivity index (χ2n) is 8.20. The molecule has 0 aliphatic carbocycles. The van der Waals surface area contributed by atoms with Gasteiger partial charge in [0, 0.05) is 43.9 Å². The SMILES string of the molecule is CCN(CCOC)Cc1cc(C(=O)Nc2nc3c(OC)ccc(N4CCOCC4)c3s2)ccc1Cl. The van der Waals surface area contributed by atoms with Crippen molar-refractivity contribution >= 4 is 49.9 Å². The van der Waals surface area contributed by atoms with Crippen molar-refractivity contribution in [3.63, 3.8) is 0 Å². The summed E-state index contributed by atoms with van der Waals surface area (Å²) in [6.45, 7) is 8.02. The molecule has 0 spiro atoms. The van der Waals surface area contributed by atoms with E-state index in [1.807, 2.05) is 18.2 Å². The molecule has 8 nitrogen and oxygen atoms in total. The van der Waals surface area contributed by atoms with Crippen LogP contribution in [0.25, 0.3) is 10.2 Å². The molecule has 1 amide bonds. The molecule has 1 N–H and O–H groups in total. The van der Waals surface area contributed by atoms with Crippen molar-refractivity contribution in [2.45, 2.75) is 13.5 Å². The van der Waals surface area contributed by atoms with Gasteiger partial charge < -0.3 is 19.1 Å². The fourth-order valence-corrected chi connectivity index (χ4v) is 5.25. The van der Waals surface area contributed by atoms with Crippen LogP contribution in [0.3, 0.4) is 0 Å². The number of hydrogen-bond donors (Lipinski definition) is 1. The highest BCUT2D eigenvalue weighted by atomic mass is 35.5. The number of amides is 1. The molecule has 0 radical (unpaired) electrons. The molecule has 2 aromatic carbocycles. The molecular weight excluding hydrogens is 488 g/mol. The highest BCUT2D eigenvalue weighted by molar-refractivity contribution is 7.23. The third kappa shape index (κ3) is 6.05. The van der Waals surface area contributed by atoms with Crippen molar-refractivity contribution in [2.24, 2.45) is 0 Å². The van der Waals surface area contributed by atoms with Crippen LogP contribution >= 0.6 is 22.9 Å². The van der Waals surface area contributed by atoms with Crippen molar-refractivity contribution in [3.8, 4) is 5.75 Å². The van der Waals surface area contributed by atoms with E-state index in [1.165, 1.54) is 11.3 Å². The minimum absolute atomic E-state index is 0.228. The van der Waals surface area contributed by atoms with Crippen LogP contribution in [0.2, 0.25) is 5.02 Å². The lowest BCUT2D eigenvalue weighted by atomic mass is 10.1. The van der Waals surface area contributed by atoms with Crippen molar-refractivity contribution in [1.82, 2.24) is 9.88 Å². The van der Waals surface area contributed by atoms with E-state index in [4.69, 9.17) is 30.8 Å². The second-order valence-corrected chi connectivity index (χ2v) is 9.61. The zero-order valence-corrected chi connectivity index (χ0v) is 21.9. The Bertz CT molecular complexity index is 1170. The van der Waals surface area contributed by atoms with Crippen molar-refractivity contribution in [3.05, 3.63) is 46.5 Å². The summed E-state index contributed by atoms with van der Waals surface area (Å²) in [5.74, 6) is 0.451. The molecule has 2 heterocycles. The molecule has 1 fully saturated rings. The zero-order valence-electron chi connectivity index (χ0n) is 20.3. The number of nitrogens with one attached hydrogen (secondary N) is 1. The molecule has 1 aromatic heterocycles. The Morgan fingerprint density at radius 1 is 1.26 bits per heavy atom. The largest absolute Gasteiger partial charge is 0.494 e. The standard InChI is InChI=1S/C25H31ClN4O4S/c1-4-29(9-12-32-2)16-18-15-17(5-6-19(18)26)24(31)28-25-27-22-21(33-3)8-7-20(23(22)35-25)30-10-13-34-14-11-30/h5-8,15H,4,9-14,16H2,1-3H3,(H,27,28,31). The van der Waals surface area contributed by atoms with Gasteiger partial charge in [-0.3, -0.25) is 15.0 Å². The van der Waals surface area contributed by atoms with E-state index in [-0.39, 0.29) is 5.91 Å². The summed E-state index contributed by atoms with van der Waals surface area (Å²) in [5, 5.41) is 4.13. The number of fused-ring (bicyclic) bond motifs is 1. The maximum Gasteiger partial charge on any atom is 0.257 e. The lowest BCUT2D eigenvalue weighted by Crippen LogP contribution is -2.36. The second kappa shape index (κ2) is 12.0. The van der Waals surface area contributed by atoms with E-state index < -0.39 is 0 Å². The number of ether oxygens (including phenoxy) is 3. The van der Waals surface area contributed by atoms with E-state index in [1.54, 1.807) is 26.4 Å². The number of halogens is 1. The first-order valence-corrected chi connectivity index (χ1v) is 12.8. The number of thiazole rings is 1. The Morgan fingerprint density at radius 2 is 2.06 bits per heavy atom. The predicted molar refractivity (Wildman–Crippen MR) is 141 cm³/mol. The highest BCUT2D eigenvalue weighted by Gasteiger charge is 2.20. The average molecular weight is 519 g/mol. The smallest absolute Gasteiger partial charge is 0.257 e. The van der Waals surface area contributed by atoms with Crippen LogP contribution in [0.1, 0.15) is 22.8 Å². The molecule has 1 aliphatic rings. The molecule has 0 atom stereocenters. The number of likely N-dealkylation sites (N-methyl/N-ethyl adjacent to an activating group) is 1. The number of rotatable bonds is 10. The summed E-state index contributed by atoms with van der Waals surface area (Å²) in [7, 11) is 3.32. The normalized spacial score (nSPS) is 14.0. The molecule has 35 heavy (non-hydrogen) atoms. The summed E-state index contributed by atoms with van der Waals surface area (Å²) < 4.78 is 17.2. The van der Waals surface area contributed by atoms with E-state index in [0.29, 0.717) is 47.8 Å². The van der Waals surface area contributed by atoms with Gasteiger partial charge in [0.25, 0.3) is 5.91 Å². The van der Waals surface area contributed by atoms with Gasteiger partial charge in [-0.1, -0.05) is 29.9 Å². The minimum atomic E-state index is -0.228. The maximum atomic E-state index is 13.1. The van der Waals surface area contributed by atoms with Crippen molar-refractivity contribution < 1.29 is 19.0 Å². The van der Waals surface area contributed by atoms with Gasteiger partial charge >= 0.3 is 0 Å². The first kappa shape index (κ1) is 25.7. The average Bonchev–Trinajstić information content (AvgIpc) is 3.31. The summed E-state index contributed by atoms with van der Waals surface area (Å²) in [6.07, 6.45) is 0. The van der Waals surface area contributed by atoms with Gasteiger partial charge in [-0.15, -0.1) is 0 Å². The monoisotopic (exact) mass is 518 g/mol. The van der Waals surface area contributed by atoms with Crippen LogP contribution in [0, 0.1) is 0 Å². The van der Waals surface area contributed by atoms with Gasteiger partial charge in [-0.2, -0.15) is 0 Å². The lowest BCUT2D eigenvalue weighted by molar-refractivity contribution is 0.102. The van der Waals surface area contributed by atoms with Crippen LogP contribution in [-0.2, 0) is 16.0 Å². The molecule has 3 aromatic rings. The molecule has 1 aliphatic heterocycles. The van der Waals surface area contributed by atoms with E-state index in [2.05, 4.69) is 22.0 Å². The molecule has 0 bridgehead atoms. The minimum Gasteiger partial charge on any atom is -0.494 e. The quantitative estimate of drug-likeness (QED) is 0.423. The number of aromatic nitrogens is 1. The lowest BCUT2D eigenvalue weighted by Gasteiger charge is -2.29. The fourth-order valence-electron chi connectivity index (χ4n) is 4.06. The molecule has 188 valence electrons. The van der Waals surface area contributed by atoms with E-state index in [0.717, 1.165) is 47.6 Å². The van der Waals surface area contributed by atoms with Crippen LogP contribution in [0.4, 0.5) is 10.8 Å². The van der Waals surface area contributed by atoms with Crippen molar-refractivity contribution in [2.75, 3.05) is 70.4 Å². The first-order valence-electron chi connectivity index (χ1n) is 11.6. The number of nitrogens with zero attached hydrogens (tertiary/aromatic N) is 3. The Balaban J connectivity index is 1.56. The number of benzene rings is 2. The van der Waals surface area contributed by atoms with Gasteiger partial charge in [-0.05, 0) is 42.4 Å². The van der Waals surface area contributed by atoms with Crippen LogP contribution in [0.15, 0.2) is 30.3 Å². The van der Waals surface area contributed by atoms with Gasteiger partial charge in [-0.25, -0.2) is 4.98 Å². The molecular formula is C25H31ClN4O4S. The predicted octanol–water partition coefficient (Wildman–Crippen LogP) is 4.52. The van der Waals surface area contributed by atoms with Gasteiger partial charge in [0.2, 0.25) is 0 Å². The van der Waals surface area contributed by atoms with E-state index >= 15 is 0 Å².